The van der Waals surface area contributed by atoms with E-state index in [-0.39, 0.29) is 0 Å². The van der Waals surface area contributed by atoms with E-state index in [4.69, 9.17) is 0 Å². The highest BCUT2D eigenvalue weighted by Gasteiger charge is 2.12. The van der Waals surface area contributed by atoms with E-state index in [9.17, 15) is 9.59 Å². The van der Waals surface area contributed by atoms with Crippen molar-refractivity contribution in [1.82, 2.24) is 30.0 Å². The predicted octanol–water partition coefficient (Wildman–Crippen LogP) is 3.34. The van der Waals surface area contributed by atoms with E-state index in [2.05, 4.69) is 31.0 Å². The molecule has 0 unspecified atom stereocenters. The molecule has 2 aromatic heterocycles. The summed E-state index contributed by atoms with van der Waals surface area (Å²) in [6, 6.07) is 20.1. The van der Waals surface area contributed by atoms with E-state index in [1.54, 1.807) is 48.5 Å². The van der Waals surface area contributed by atoms with Gasteiger partial charge in [-0.2, -0.15) is 0 Å². The molecule has 10 nitrogen and oxygen atoms in total. The van der Waals surface area contributed by atoms with Crippen LogP contribution in [0.3, 0.4) is 0 Å². The fourth-order valence-electron chi connectivity index (χ4n) is 2.88. The maximum atomic E-state index is 12.4. The first-order valence-corrected chi connectivity index (χ1v) is 9.03. The Morgan fingerprint density at radius 2 is 0.833 bits per heavy atom. The second kappa shape index (κ2) is 7.09. The summed E-state index contributed by atoms with van der Waals surface area (Å²) in [5, 5.41) is 22.0. The zero-order chi connectivity index (χ0) is 20.5. The van der Waals surface area contributed by atoms with Gasteiger partial charge < -0.3 is 10.6 Å². The molecule has 0 fully saturated rings. The molecular weight excluding hydrogens is 384 g/mol. The third-order valence-corrected chi connectivity index (χ3v) is 4.32. The Hall–Kier alpha value is -4.60. The fourth-order valence-corrected chi connectivity index (χ4v) is 2.88. The van der Waals surface area contributed by atoms with Crippen LogP contribution < -0.4 is 10.6 Å². The summed E-state index contributed by atoms with van der Waals surface area (Å²) < 4.78 is 0. The number of anilines is 2. The first kappa shape index (κ1) is 17.5. The number of amides is 2. The highest BCUT2D eigenvalue weighted by molar-refractivity contribution is 5.93. The summed E-state index contributed by atoms with van der Waals surface area (Å²) in [5.74, 6) is 0. The van der Waals surface area contributed by atoms with Crippen LogP contribution >= 0.6 is 0 Å². The molecule has 0 spiro atoms. The van der Waals surface area contributed by atoms with Gasteiger partial charge in [-0.25, -0.2) is 9.59 Å². The zero-order valence-electron chi connectivity index (χ0n) is 15.4. The van der Waals surface area contributed by atoms with Crippen LogP contribution in [0.15, 0.2) is 72.8 Å². The number of benzene rings is 3. The molecule has 0 aliphatic rings. The molecule has 0 aliphatic carbocycles. The van der Waals surface area contributed by atoms with Gasteiger partial charge in [0, 0.05) is 11.4 Å². The minimum absolute atomic E-state index is 0.490. The molecule has 0 aliphatic heterocycles. The van der Waals surface area contributed by atoms with E-state index in [0.29, 0.717) is 33.4 Å². The maximum Gasteiger partial charge on any atom is 0.363 e. The Morgan fingerprint density at radius 3 is 1.13 bits per heavy atom. The summed E-state index contributed by atoms with van der Waals surface area (Å²) in [7, 11) is 0. The van der Waals surface area contributed by atoms with E-state index in [0.717, 1.165) is 9.59 Å². The molecule has 3 aromatic carbocycles. The Kier molecular flexibility index (Phi) is 4.14. The summed E-state index contributed by atoms with van der Waals surface area (Å²) in [5.41, 5.74) is 3.58. The van der Waals surface area contributed by atoms with E-state index >= 15 is 0 Å². The van der Waals surface area contributed by atoms with Crippen molar-refractivity contribution in [3.05, 3.63) is 72.8 Å². The maximum absolute atomic E-state index is 12.4. The van der Waals surface area contributed by atoms with Gasteiger partial charge in [0.2, 0.25) is 0 Å². The molecular formula is C20H14N8O2. The molecule has 0 saturated carbocycles. The Morgan fingerprint density at radius 1 is 0.533 bits per heavy atom. The van der Waals surface area contributed by atoms with Gasteiger partial charge in [0.05, 0.1) is 0 Å². The van der Waals surface area contributed by atoms with Crippen LogP contribution in [0.1, 0.15) is 0 Å². The minimum Gasteiger partial charge on any atom is -0.305 e. The zero-order valence-corrected chi connectivity index (χ0v) is 15.4. The normalized spacial score (nSPS) is 10.9. The van der Waals surface area contributed by atoms with Crippen molar-refractivity contribution in [2.45, 2.75) is 0 Å². The summed E-state index contributed by atoms with van der Waals surface area (Å²) >= 11 is 0. The largest absolute Gasteiger partial charge is 0.363 e. The van der Waals surface area contributed by atoms with E-state index in [1.165, 1.54) is 0 Å². The number of carbonyl (C=O) groups is 2. The van der Waals surface area contributed by atoms with Gasteiger partial charge in [-0.1, -0.05) is 33.9 Å². The number of aromatic nitrogens is 6. The van der Waals surface area contributed by atoms with Gasteiger partial charge in [0.15, 0.2) is 0 Å². The lowest BCUT2D eigenvalue weighted by Crippen LogP contribution is -2.22. The van der Waals surface area contributed by atoms with Gasteiger partial charge in [0.1, 0.15) is 22.1 Å². The predicted molar refractivity (Wildman–Crippen MR) is 110 cm³/mol. The van der Waals surface area contributed by atoms with Gasteiger partial charge >= 0.3 is 12.1 Å². The quantitative estimate of drug-likeness (QED) is 0.471. The molecule has 5 rings (SSSR count). The van der Waals surface area contributed by atoms with Gasteiger partial charge in [-0.3, -0.25) is 0 Å². The van der Waals surface area contributed by atoms with E-state index in [1.807, 2.05) is 24.3 Å². The van der Waals surface area contributed by atoms with Crippen LogP contribution in [0.5, 0.6) is 0 Å². The lowest BCUT2D eigenvalue weighted by molar-refractivity contribution is 0.247. The first-order valence-electron chi connectivity index (χ1n) is 9.03. The van der Waals surface area contributed by atoms with Crippen LogP contribution in [0.4, 0.5) is 21.0 Å². The van der Waals surface area contributed by atoms with Crippen molar-refractivity contribution in [2.75, 3.05) is 10.6 Å². The first-order chi connectivity index (χ1) is 14.7. The molecule has 2 N–H and O–H groups in total. The third kappa shape index (κ3) is 3.33. The fraction of sp³-hybridized carbons (Fsp3) is 0. The summed E-state index contributed by atoms with van der Waals surface area (Å²) in [4.78, 5) is 26.7. The molecule has 2 heterocycles. The minimum atomic E-state index is -0.490. The van der Waals surface area contributed by atoms with Crippen molar-refractivity contribution in [3.8, 4) is 0 Å². The number of hydrogen-bond donors (Lipinski definition) is 2. The number of fused-ring (bicyclic) bond motifs is 2. The lowest BCUT2D eigenvalue weighted by Gasteiger charge is -2.06. The van der Waals surface area contributed by atoms with Crippen molar-refractivity contribution < 1.29 is 9.59 Å². The number of rotatable bonds is 2. The highest BCUT2D eigenvalue weighted by Crippen LogP contribution is 2.15. The Labute approximate surface area is 169 Å². The molecule has 146 valence electrons. The Balaban J connectivity index is 1.26. The Bertz CT molecular complexity index is 1210. The van der Waals surface area contributed by atoms with Gasteiger partial charge in [0.25, 0.3) is 0 Å². The topological polar surface area (TPSA) is 120 Å². The summed E-state index contributed by atoms with van der Waals surface area (Å²) in [6.45, 7) is 0. The van der Waals surface area contributed by atoms with Crippen LogP contribution in [0.25, 0.3) is 22.1 Å². The van der Waals surface area contributed by atoms with Crippen LogP contribution in [0, 0.1) is 0 Å². The standard InChI is InChI=1S/C20H14N8O2/c29-19(27-23-15-5-1-2-6-16(15)24-27)21-13-9-11-14(12-10-13)22-20(30)28-25-17-7-3-4-8-18(17)26-28/h1-12H,(H,21,29)(H,22,30). The van der Waals surface area contributed by atoms with Gasteiger partial charge in [-0.05, 0) is 48.5 Å². The third-order valence-electron chi connectivity index (χ3n) is 4.32. The molecule has 0 saturated heterocycles. The second-order valence-corrected chi connectivity index (χ2v) is 6.39. The molecule has 10 heteroatoms. The van der Waals surface area contributed by atoms with Crippen LogP contribution in [-0.2, 0) is 0 Å². The molecule has 5 aromatic rings. The molecule has 2 amide bonds. The highest BCUT2D eigenvalue weighted by atomic mass is 16.2. The molecule has 0 atom stereocenters. The second-order valence-electron chi connectivity index (χ2n) is 6.39. The average Bonchev–Trinajstić information content (AvgIpc) is 3.39. The summed E-state index contributed by atoms with van der Waals surface area (Å²) in [6.07, 6.45) is 0. The molecule has 30 heavy (non-hydrogen) atoms. The number of hydrogen-bond acceptors (Lipinski definition) is 6. The van der Waals surface area contributed by atoms with Crippen molar-refractivity contribution >= 4 is 45.5 Å². The van der Waals surface area contributed by atoms with Crippen molar-refractivity contribution in [1.29, 1.82) is 0 Å². The van der Waals surface area contributed by atoms with Crippen molar-refractivity contribution in [3.63, 3.8) is 0 Å². The lowest BCUT2D eigenvalue weighted by atomic mass is 10.3. The van der Waals surface area contributed by atoms with Crippen molar-refractivity contribution in [2.24, 2.45) is 0 Å². The average molecular weight is 398 g/mol. The smallest absolute Gasteiger partial charge is 0.305 e. The van der Waals surface area contributed by atoms with E-state index < -0.39 is 12.1 Å². The monoisotopic (exact) mass is 398 g/mol. The van der Waals surface area contributed by atoms with Gasteiger partial charge in [-0.15, -0.1) is 20.4 Å². The number of nitrogens with one attached hydrogen (secondary N) is 2. The molecule has 0 radical (unpaired) electrons. The molecule has 0 bridgehead atoms. The number of carbonyl (C=O) groups excluding carboxylic acids is 2. The van der Waals surface area contributed by atoms with Crippen LogP contribution in [-0.4, -0.2) is 42.0 Å². The number of nitrogens with zero attached hydrogens (tertiary/aromatic N) is 6. The van der Waals surface area contributed by atoms with Crippen LogP contribution in [0.2, 0.25) is 0 Å². The SMILES string of the molecule is O=C(Nc1ccc(NC(=O)n2nc3ccccc3n2)cc1)n1nc2ccccc2n1.